The van der Waals surface area contributed by atoms with Gasteiger partial charge in [0, 0.05) is 37.9 Å². The Bertz CT molecular complexity index is 767. The van der Waals surface area contributed by atoms with E-state index >= 15 is 0 Å². The second-order valence-corrected chi connectivity index (χ2v) is 7.32. The molecule has 1 aliphatic rings. The van der Waals surface area contributed by atoms with Gasteiger partial charge in [0.15, 0.2) is 0 Å². The van der Waals surface area contributed by atoms with Crippen molar-refractivity contribution in [3.8, 4) is 11.3 Å². The maximum absolute atomic E-state index is 12.9. The average molecular weight is 413 g/mol. The molecule has 1 aromatic heterocycles. The first kappa shape index (κ1) is 21.7. The Labute approximate surface area is 171 Å². The molecular weight excluding hydrogens is 387 g/mol. The molecule has 0 saturated carbocycles. The normalized spacial score (nSPS) is 15.8. The summed E-state index contributed by atoms with van der Waals surface area (Å²) in [5.41, 5.74) is 1.86. The maximum Gasteiger partial charge on any atom is 0.255 e. The molecule has 0 spiro atoms. The zero-order valence-electron chi connectivity index (χ0n) is 15.6. The van der Waals surface area contributed by atoms with E-state index in [1.165, 1.54) is 0 Å². The van der Waals surface area contributed by atoms with Crippen LogP contribution in [0.4, 0.5) is 0 Å². The zero-order chi connectivity index (χ0) is 18.6. The van der Waals surface area contributed by atoms with Gasteiger partial charge in [-0.25, -0.2) is 0 Å². The molecule has 1 aliphatic heterocycles. The number of amides is 1. The van der Waals surface area contributed by atoms with Crippen LogP contribution < -0.4 is 10.6 Å². The number of aromatic nitrogens is 2. The fourth-order valence-corrected chi connectivity index (χ4v) is 3.73. The molecule has 2 N–H and O–H groups in total. The second kappa shape index (κ2) is 9.55. The first-order valence-electron chi connectivity index (χ1n) is 8.81. The van der Waals surface area contributed by atoms with E-state index in [0.29, 0.717) is 29.4 Å². The summed E-state index contributed by atoms with van der Waals surface area (Å²) in [6.07, 6.45) is 3.69. The number of carbonyl (C=O) groups excluding carboxylic acids is 1. The number of halogens is 2. The molecule has 1 fully saturated rings. The van der Waals surface area contributed by atoms with Crippen LogP contribution in [-0.2, 0) is 11.8 Å². The van der Waals surface area contributed by atoms with Crippen LogP contribution in [0.25, 0.3) is 11.3 Å². The Morgan fingerprint density at radius 1 is 1.37 bits per heavy atom. The summed E-state index contributed by atoms with van der Waals surface area (Å²) >= 11 is 6.30. The van der Waals surface area contributed by atoms with Crippen molar-refractivity contribution in [3.05, 3.63) is 41.0 Å². The number of nitrogens with one attached hydrogen (secondary N) is 2. The summed E-state index contributed by atoms with van der Waals surface area (Å²) < 4.78 is 7.06. The zero-order valence-corrected chi connectivity index (χ0v) is 17.2. The van der Waals surface area contributed by atoms with E-state index in [4.69, 9.17) is 16.3 Å². The smallest absolute Gasteiger partial charge is 0.255 e. The molecule has 2 heterocycles. The van der Waals surface area contributed by atoms with Gasteiger partial charge in [-0.1, -0.05) is 29.8 Å². The standard InChI is InChI=1S/C19H25ClN4O2.ClH/c1-24-11-15(17(23-24)14-5-3-4-6-16(14)20)18(25)22-12-19(13-26-2)7-9-21-10-8-19;/h3-6,11,21H,7-10,12-13H2,1-2H3,(H,22,25);1H. The summed E-state index contributed by atoms with van der Waals surface area (Å²) in [4.78, 5) is 12.9. The molecule has 8 heteroatoms. The predicted molar refractivity (Wildman–Crippen MR) is 110 cm³/mol. The van der Waals surface area contributed by atoms with Gasteiger partial charge in [0.2, 0.25) is 0 Å². The van der Waals surface area contributed by atoms with Crippen LogP contribution in [0.1, 0.15) is 23.2 Å². The number of hydrogen-bond donors (Lipinski definition) is 2. The van der Waals surface area contributed by atoms with Gasteiger partial charge in [0.05, 0.1) is 17.2 Å². The van der Waals surface area contributed by atoms with Crippen LogP contribution in [0.5, 0.6) is 0 Å². The van der Waals surface area contributed by atoms with E-state index in [-0.39, 0.29) is 23.7 Å². The first-order valence-corrected chi connectivity index (χ1v) is 9.19. The van der Waals surface area contributed by atoms with E-state index in [0.717, 1.165) is 31.5 Å². The van der Waals surface area contributed by atoms with Crippen LogP contribution in [0.2, 0.25) is 5.02 Å². The Morgan fingerprint density at radius 3 is 2.74 bits per heavy atom. The third-order valence-corrected chi connectivity index (χ3v) is 5.27. The van der Waals surface area contributed by atoms with Gasteiger partial charge in [-0.15, -0.1) is 12.4 Å². The second-order valence-electron chi connectivity index (χ2n) is 6.91. The molecule has 0 unspecified atom stereocenters. The van der Waals surface area contributed by atoms with Crippen LogP contribution in [-0.4, -0.2) is 49.0 Å². The highest BCUT2D eigenvalue weighted by atomic mass is 35.5. The van der Waals surface area contributed by atoms with Crippen molar-refractivity contribution in [2.24, 2.45) is 12.5 Å². The summed E-state index contributed by atoms with van der Waals surface area (Å²) in [6, 6.07) is 7.43. The van der Waals surface area contributed by atoms with E-state index in [1.54, 1.807) is 31.1 Å². The van der Waals surface area contributed by atoms with Crippen molar-refractivity contribution in [3.63, 3.8) is 0 Å². The quantitative estimate of drug-likeness (QED) is 0.764. The molecule has 0 atom stereocenters. The van der Waals surface area contributed by atoms with Gasteiger partial charge in [-0.3, -0.25) is 9.48 Å². The fourth-order valence-electron chi connectivity index (χ4n) is 3.51. The fraction of sp³-hybridized carbons (Fsp3) is 0.474. The number of nitrogens with zero attached hydrogens (tertiary/aromatic N) is 2. The summed E-state index contributed by atoms with van der Waals surface area (Å²) in [5, 5.41) is 11.5. The van der Waals surface area contributed by atoms with Crippen molar-refractivity contribution >= 4 is 29.9 Å². The van der Waals surface area contributed by atoms with Crippen molar-refractivity contribution in [2.45, 2.75) is 12.8 Å². The number of benzene rings is 1. The van der Waals surface area contributed by atoms with Crippen LogP contribution >= 0.6 is 24.0 Å². The molecule has 6 nitrogen and oxygen atoms in total. The summed E-state index contributed by atoms with van der Waals surface area (Å²) in [5.74, 6) is -0.137. The van der Waals surface area contributed by atoms with E-state index in [9.17, 15) is 4.79 Å². The van der Waals surface area contributed by atoms with Crippen molar-refractivity contribution in [1.82, 2.24) is 20.4 Å². The predicted octanol–water partition coefficient (Wildman–Crippen LogP) is 2.91. The topological polar surface area (TPSA) is 68.2 Å². The SMILES string of the molecule is COCC1(CNC(=O)c2cn(C)nc2-c2ccccc2Cl)CCNCC1.Cl. The number of aryl methyl sites for hydroxylation is 1. The Balaban J connectivity index is 0.00000261. The first-order chi connectivity index (χ1) is 12.5. The van der Waals surface area contributed by atoms with Crippen molar-refractivity contribution in [1.29, 1.82) is 0 Å². The molecule has 1 aromatic carbocycles. The number of ether oxygens (including phenoxy) is 1. The van der Waals surface area contributed by atoms with Gasteiger partial charge in [-0.05, 0) is 32.0 Å². The molecule has 148 valence electrons. The largest absolute Gasteiger partial charge is 0.384 e. The highest BCUT2D eigenvalue weighted by Gasteiger charge is 2.33. The van der Waals surface area contributed by atoms with Crippen LogP contribution in [0, 0.1) is 5.41 Å². The summed E-state index contributed by atoms with van der Waals surface area (Å²) in [6.45, 7) is 3.10. The van der Waals surface area contributed by atoms with Gasteiger partial charge in [0.25, 0.3) is 5.91 Å². The molecule has 1 amide bonds. The monoisotopic (exact) mass is 412 g/mol. The van der Waals surface area contributed by atoms with Gasteiger partial charge >= 0.3 is 0 Å². The molecular formula is C19H26Cl2N4O2. The van der Waals surface area contributed by atoms with E-state index in [2.05, 4.69) is 15.7 Å². The number of rotatable bonds is 6. The molecule has 3 rings (SSSR count). The Morgan fingerprint density at radius 2 is 2.07 bits per heavy atom. The molecule has 0 radical (unpaired) electrons. The molecule has 0 aliphatic carbocycles. The number of carbonyl (C=O) groups is 1. The minimum Gasteiger partial charge on any atom is -0.384 e. The lowest BCUT2D eigenvalue weighted by Gasteiger charge is -2.37. The Hall–Kier alpha value is -1.60. The minimum absolute atomic E-state index is 0. The molecule has 1 saturated heterocycles. The maximum atomic E-state index is 12.9. The third-order valence-electron chi connectivity index (χ3n) is 4.94. The van der Waals surface area contributed by atoms with E-state index < -0.39 is 0 Å². The number of piperidine rings is 1. The van der Waals surface area contributed by atoms with Crippen LogP contribution in [0.15, 0.2) is 30.5 Å². The number of methoxy groups -OCH3 is 1. The van der Waals surface area contributed by atoms with Gasteiger partial charge in [0.1, 0.15) is 5.69 Å². The lowest BCUT2D eigenvalue weighted by molar-refractivity contribution is 0.0512. The highest BCUT2D eigenvalue weighted by Crippen LogP contribution is 2.30. The average Bonchev–Trinajstić information content (AvgIpc) is 3.03. The van der Waals surface area contributed by atoms with Crippen molar-refractivity contribution in [2.75, 3.05) is 33.4 Å². The Kier molecular flexibility index (Phi) is 7.68. The lowest BCUT2D eigenvalue weighted by Crippen LogP contribution is -2.47. The third kappa shape index (κ3) is 5.02. The summed E-state index contributed by atoms with van der Waals surface area (Å²) in [7, 11) is 3.51. The van der Waals surface area contributed by atoms with Gasteiger partial charge < -0.3 is 15.4 Å². The molecule has 2 aromatic rings. The van der Waals surface area contributed by atoms with E-state index in [1.807, 2.05) is 18.2 Å². The molecule has 0 bridgehead atoms. The highest BCUT2D eigenvalue weighted by molar-refractivity contribution is 6.33. The van der Waals surface area contributed by atoms with Crippen LogP contribution in [0.3, 0.4) is 0 Å². The number of hydrogen-bond acceptors (Lipinski definition) is 4. The van der Waals surface area contributed by atoms with Gasteiger partial charge in [-0.2, -0.15) is 5.10 Å². The van der Waals surface area contributed by atoms with Crippen molar-refractivity contribution < 1.29 is 9.53 Å². The molecule has 27 heavy (non-hydrogen) atoms. The minimum atomic E-state index is -0.137. The lowest BCUT2D eigenvalue weighted by atomic mass is 9.79.